The summed E-state index contributed by atoms with van der Waals surface area (Å²) in [5.74, 6) is -0.460. The molecule has 1 aromatic rings. The van der Waals surface area contributed by atoms with E-state index in [9.17, 15) is 13.6 Å². The summed E-state index contributed by atoms with van der Waals surface area (Å²) in [5, 5.41) is 9.09. The molecule has 0 bridgehead atoms. The number of carbonyl (C=O) groups excluding carboxylic acids is 1. The minimum Gasteiger partial charge on any atom is -0.433 e. The highest BCUT2D eigenvalue weighted by atomic mass is 32.1. The highest BCUT2D eigenvalue weighted by Gasteiger charge is 2.32. The van der Waals surface area contributed by atoms with Crippen molar-refractivity contribution in [1.82, 2.24) is 4.90 Å². The molecule has 2 heterocycles. The van der Waals surface area contributed by atoms with E-state index in [4.69, 9.17) is 5.11 Å². The molecular formula is C10H11F2NO3S. The van der Waals surface area contributed by atoms with Crippen LogP contribution < -0.4 is 4.74 Å². The van der Waals surface area contributed by atoms with Crippen LogP contribution in [0.2, 0.25) is 0 Å². The van der Waals surface area contributed by atoms with E-state index < -0.39 is 12.7 Å². The molecule has 17 heavy (non-hydrogen) atoms. The maximum Gasteiger partial charge on any atom is 0.387 e. The molecule has 94 valence electrons. The molecule has 0 unspecified atom stereocenters. The van der Waals surface area contributed by atoms with Gasteiger partial charge in [-0.15, -0.1) is 11.3 Å². The zero-order valence-electron chi connectivity index (χ0n) is 9.02. The van der Waals surface area contributed by atoms with Gasteiger partial charge in [0.25, 0.3) is 5.91 Å². The molecule has 1 amide bonds. The molecular weight excluding hydrogens is 252 g/mol. The van der Waals surface area contributed by atoms with Crippen molar-refractivity contribution in [3.63, 3.8) is 0 Å². The summed E-state index contributed by atoms with van der Waals surface area (Å²) < 4.78 is 28.6. The van der Waals surface area contributed by atoms with Gasteiger partial charge in [0.15, 0.2) is 0 Å². The Labute approximate surface area is 100 Å². The smallest absolute Gasteiger partial charge is 0.387 e. The van der Waals surface area contributed by atoms with Gasteiger partial charge < -0.3 is 14.7 Å². The normalized spacial score (nSPS) is 16.2. The van der Waals surface area contributed by atoms with Gasteiger partial charge in [0, 0.05) is 18.0 Å². The first kappa shape index (κ1) is 12.3. The summed E-state index contributed by atoms with van der Waals surface area (Å²) in [6.07, 6.45) is -0.514. The van der Waals surface area contributed by atoms with Crippen LogP contribution >= 0.6 is 11.3 Å². The lowest BCUT2D eigenvalue weighted by Crippen LogP contribution is -2.53. The Morgan fingerprint density at radius 3 is 2.82 bits per heavy atom. The number of ether oxygens (including phenoxy) is 1. The van der Waals surface area contributed by atoms with Crippen molar-refractivity contribution < 1.29 is 23.4 Å². The van der Waals surface area contributed by atoms with E-state index >= 15 is 0 Å². The number of aliphatic hydroxyl groups excluding tert-OH is 1. The van der Waals surface area contributed by atoms with Crippen LogP contribution in [0.3, 0.4) is 0 Å². The van der Waals surface area contributed by atoms with Crippen LogP contribution in [0.15, 0.2) is 6.07 Å². The summed E-state index contributed by atoms with van der Waals surface area (Å²) in [5.41, 5.74) is 0. The number of carbonyl (C=O) groups is 1. The molecule has 2 rings (SSSR count). The number of nitrogens with zero attached hydrogens (tertiary/aromatic N) is 1. The van der Waals surface area contributed by atoms with Crippen LogP contribution in [0.4, 0.5) is 8.78 Å². The summed E-state index contributed by atoms with van der Waals surface area (Å²) >= 11 is 1.11. The standard InChI is InChI=1S/C10H11F2NO3S/c1-5-2-7(16-10(11)12)8(17-5)9(15)13-3-6(14)4-13/h2,6,10,14H,3-4H2,1H3. The molecule has 0 saturated carbocycles. The van der Waals surface area contributed by atoms with E-state index in [2.05, 4.69) is 4.74 Å². The summed E-state index contributed by atoms with van der Waals surface area (Å²) in [6, 6.07) is 1.42. The molecule has 0 spiro atoms. The number of rotatable bonds is 3. The monoisotopic (exact) mass is 263 g/mol. The number of aliphatic hydroxyl groups is 1. The van der Waals surface area contributed by atoms with Crippen LogP contribution in [0, 0.1) is 6.92 Å². The molecule has 1 N–H and O–H groups in total. The molecule has 7 heteroatoms. The lowest BCUT2D eigenvalue weighted by molar-refractivity contribution is -0.0502. The fraction of sp³-hybridized carbons (Fsp3) is 0.500. The molecule has 0 aliphatic carbocycles. The molecule has 1 saturated heterocycles. The number of halogens is 2. The first-order chi connectivity index (χ1) is 7.97. The van der Waals surface area contributed by atoms with Crippen LogP contribution in [0.1, 0.15) is 14.5 Å². The van der Waals surface area contributed by atoms with Gasteiger partial charge in [-0.3, -0.25) is 4.79 Å². The van der Waals surface area contributed by atoms with Gasteiger partial charge in [-0.2, -0.15) is 8.78 Å². The van der Waals surface area contributed by atoms with Crippen molar-refractivity contribution in [2.24, 2.45) is 0 Å². The van der Waals surface area contributed by atoms with E-state index in [-0.39, 0.29) is 29.6 Å². The van der Waals surface area contributed by atoms with Gasteiger partial charge in [0.2, 0.25) is 0 Å². The van der Waals surface area contributed by atoms with Crippen molar-refractivity contribution in [2.75, 3.05) is 13.1 Å². The lowest BCUT2D eigenvalue weighted by Gasteiger charge is -2.35. The fourth-order valence-electron chi connectivity index (χ4n) is 1.59. The van der Waals surface area contributed by atoms with Crippen molar-refractivity contribution in [1.29, 1.82) is 0 Å². The van der Waals surface area contributed by atoms with E-state index in [1.807, 2.05) is 0 Å². The predicted molar refractivity (Wildman–Crippen MR) is 57.6 cm³/mol. The Morgan fingerprint density at radius 1 is 1.65 bits per heavy atom. The fourth-order valence-corrected chi connectivity index (χ4v) is 2.50. The van der Waals surface area contributed by atoms with Crippen LogP contribution in [0.5, 0.6) is 5.75 Å². The predicted octanol–water partition coefficient (Wildman–Crippen LogP) is 1.47. The van der Waals surface area contributed by atoms with Gasteiger partial charge in [0.05, 0.1) is 6.10 Å². The third-order valence-electron chi connectivity index (χ3n) is 2.38. The van der Waals surface area contributed by atoms with Crippen LogP contribution in [-0.2, 0) is 0 Å². The van der Waals surface area contributed by atoms with Gasteiger partial charge in [-0.25, -0.2) is 0 Å². The number of alkyl halides is 2. The third-order valence-corrected chi connectivity index (χ3v) is 3.40. The second-order valence-corrected chi connectivity index (χ2v) is 5.05. The number of hydrogen-bond acceptors (Lipinski definition) is 4. The zero-order chi connectivity index (χ0) is 12.6. The topological polar surface area (TPSA) is 49.8 Å². The summed E-state index contributed by atoms with van der Waals surface area (Å²) in [7, 11) is 0. The van der Waals surface area contributed by atoms with Crippen molar-refractivity contribution in [3.05, 3.63) is 15.8 Å². The van der Waals surface area contributed by atoms with Crippen molar-refractivity contribution in [3.8, 4) is 5.75 Å². The van der Waals surface area contributed by atoms with E-state index in [1.54, 1.807) is 6.92 Å². The number of aryl methyl sites for hydroxylation is 1. The van der Waals surface area contributed by atoms with E-state index in [0.717, 1.165) is 16.2 Å². The first-order valence-electron chi connectivity index (χ1n) is 5.00. The maximum atomic E-state index is 12.1. The molecule has 0 atom stereocenters. The zero-order valence-corrected chi connectivity index (χ0v) is 9.84. The van der Waals surface area contributed by atoms with Gasteiger partial charge in [0.1, 0.15) is 10.6 Å². The largest absolute Gasteiger partial charge is 0.433 e. The number of likely N-dealkylation sites (tertiary alicyclic amines) is 1. The minimum absolute atomic E-state index is 0.0890. The van der Waals surface area contributed by atoms with Crippen LogP contribution in [-0.4, -0.2) is 41.7 Å². The van der Waals surface area contributed by atoms with Gasteiger partial charge in [-0.1, -0.05) is 0 Å². The van der Waals surface area contributed by atoms with Gasteiger partial charge in [-0.05, 0) is 13.0 Å². The highest BCUT2D eigenvalue weighted by Crippen LogP contribution is 2.32. The average molecular weight is 263 g/mol. The Kier molecular flexibility index (Phi) is 3.30. The molecule has 1 aliphatic heterocycles. The van der Waals surface area contributed by atoms with Crippen LogP contribution in [0.25, 0.3) is 0 Å². The SMILES string of the molecule is Cc1cc(OC(F)F)c(C(=O)N2CC(O)C2)s1. The lowest BCUT2D eigenvalue weighted by atomic mass is 10.1. The summed E-state index contributed by atoms with van der Waals surface area (Å²) in [6.45, 7) is -0.754. The number of β-amino-alcohol motifs (C(OH)–C–C–N with tert-alkyl or cyclic N) is 1. The van der Waals surface area contributed by atoms with Gasteiger partial charge >= 0.3 is 6.61 Å². The Morgan fingerprint density at radius 2 is 2.29 bits per heavy atom. The van der Waals surface area contributed by atoms with Crippen molar-refractivity contribution >= 4 is 17.2 Å². The molecule has 1 aliphatic rings. The minimum atomic E-state index is -2.95. The first-order valence-corrected chi connectivity index (χ1v) is 5.81. The average Bonchev–Trinajstić information content (AvgIpc) is 2.52. The van der Waals surface area contributed by atoms with E-state index in [0.29, 0.717) is 0 Å². The van der Waals surface area contributed by atoms with Crippen molar-refractivity contribution in [2.45, 2.75) is 19.6 Å². The number of amides is 1. The molecule has 0 radical (unpaired) electrons. The number of hydrogen-bond donors (Lipinski definition) is 1. The highest BCUT2D eigenvalue weighted by molar-refractivity contribution is 7.14. The Balaban J connectivity index is 2.16. The quantitative estimate of drug-likeness (QED) is 0.898. The molecule has 0 aromatic carbocycles. The summed E-state index contributed by atoms with van der Waals surface area (Å²) in [4.78, 5) is 14.2. The molecule has 1 fully saturated rings. The Bertz CT molecular complexity index is 429. The second kappa shape index (κ2) is 4.58. The maximum absolute atomic E-state index is 12.1. The molecule has 4 nitrogen and oxygen atoms in total. The third kappa shape index (κ3) is 2.55. The molecule has 1 aromatic heterocycles. The Hall–Kier alpha value is -1.21. The second-order valence-electron chi connectivity index (χ2n) is 3.79. The number of thiophene rings is 1. The van der Waals surface area contributed by atoms with E-state index in [1.165, 1.54) is 11.0 Å².